The van der Waals surface area contributed by atoms with E-state index in [0.29, 0.717) is 22.3 Å². The van der Waals surface area contributed by atoms with Crippen molar-refractivity contribution in [2.24, 2.45) is 0 Å². The van der Waals surface area contributed by atoms with E-state index in [2.05, 4.69) is 4.98 Å². The van der Waals surface area contributed by atoms with Gasteiger partial charge in [0.1, 0.15) is 24.0 Å². The third-order valence-electron chi connectivity index (χ3n) is 3.19. The molecule has 0 fully saturated rings. The fourth-order valence-electron chi connectivity index (χ4n) is 2.11. The van der Waals surface area contributed by atoms with Gasteiger partial charge in [-0.05, 0) is 36.4 Å². The summed E-state index contributed by atoms with van der Waals surface area (Å²) >= 11 is 0. The molecule has 0 aliphatic heterocycles. The summed E-state index contributed by atoms with van der Waals surface area (Å²) in [6.07, 6.45) is 1.62. The number of aromatic nitrogens is 1. The first kappa shape index (κ1) is 13.3. The number of rotatable bonds is 3. The maximum atomic E-state index is 13.6. The number of benzene rings is 2. The van der Waals surface area contributed by atoms with Gasteiger partial charge < -0.3 is 10.5 Å². The molecule has 0 spiro atoms. The third kappa shape index (κ3) is 2.50. The normalized spacial score (nSPS) is 10.8. The van der Waals surface area contributed by atoms with Gasteiger partial charge in [0.25, 0.3) is 0 Å². The Labute approximate surface area is 120 Å². The van der Waals surface area contributed by atoms with Crippen LogP contribution in [0.1, 0.15) is 5.56 Å². The zero-order chi connectivity index (χ0) is 14.8. The molecule has 21 heavy (non-hydrogen) atoms. The van der Waals surface area contributed by atoms with Gasteiger partial charge in [-0.2, -0.15) is 0 Å². The molecule has 3 aromatic rings. The monoisotopic (exact) mass is 286 g/mol. The van der Waals surface area contributed by atoms with Gasteiger partial charge in [-0.1, -0.05) is 6.07 Å². The highest BCUT2D eigenvalue weighted by Crippen LogP contribution is 2.29. The minimum Gasteiger partial charge on any atom is -0.488 e. The fourth-order valence-corrected chi connectivity index (χ4v) is 2.11. The predicted molar refractivity (Wildman–Crippen MR) is 76.8 cm³/mol. The number of nitrogen functional groups attached to an aromatic ring is 1. The summed E-state index contributed by atoms with van der Waals surface area (Å²) in [7, 11) is 0. The van der Waals surface area contributed by atoms with E-state index < -0.39 is 11.6 Å². The zero-order valence-corrected chi connectivity index (χ0v) is 11.0. The van der Waals surface area contributed by atoms with Crippen LogP contribution in [-0.4, -0.2) is 4.98 Å². The van der Waals surface area contributed by atoms with Gasteiger partial charge in [-0.15, -0.1) is 0 Å². The fraction of sp³-hybridized carbons (Fsp3) is 0.0625. The lowest BCUT2D eigenvalue weighted by Crippen LogP contribution is -2.02. The smallest absolute Gasteiger partial charge is 0.132 e. The molecule has 0 aliphatic carbocycles. The number of ether oxygens (including phenoxy) is 1. The predicted octanol–water partition coefficient (Wildman–Crippen LogP) is 3.67. The highest BCUT2D eigenvalue weighted by Gasteiger charge is 2.11. The Morgan fingerprint density at radius 2 is 1.76 bits per heavy atom. The van der Waals surface area contributed by atoms with E-state index in [0.717, 1.165) is 0 Å². The van der Waals surface area contributed by atoms with Crippen molar-refractivity contribution in [1.82, 2.24) is 4.98 Å². The van der Waals surface area contributed by atoms with Crippen LogP contribution in [0, 0.1) is 11.6 Å². The average Bonchev–Trinajstić information content (AvgIpc) is 2.49. The van der Waals surface area contributed by atoms with E-state index in [4.69, 9.17) is 10.5 Å². The SMILES string of the molecule is Nc1ccc(OCc2c(F)cccc2F)c2cccnc12. The van der Waals surface area contributed by atoms with E-state index in [-0.39, 0.29) is 12.2 Å². The second-order valence-corrected chi connectivity index (χ2v) is 4.54. The molecule has 5 heteroatoms. The van der Waals surface area contributed by atoms with Crippen LogP contribution in [0.25, 0.3) is 10.9 Å². The third-order valence-corrected chi connectivity index (χ3v) is 3.19. The maximum Gasteiger partial charge on any atom is 0.132 e. The molecule has 0 saturated heterocycles. The van der Waals surface area contributed by atoms with E-state index >= 15 is 0 Å². The largest absolute Gasteiger partial charge is 0.488 e. The number of hydrogen-bond donors (Lipinski definition) is 1. The Hall–Kier alpha value is -2.69. The molecular weight excluding hydrogens is 274 g/mol. The summed E-state index contributed by atoms with van der Waals surface area (Å²) in [5, 5.41) is 0.703. The number of hydrogen-bond acceptors (Lipinski definition) is 3. The molecule has 0 aliphatic rings. The second-order valence-electron chi connectivity index (χ2n) is 4.54. The van der Waals surface area contributed by atoms with Crippen LogP contribution in [0.5, 0.6) is 5.75 Å². The molecular formula is C16H12F2N2O. The van der Waals surface area contributed by atoms with Crippen molar-refractivity contribution in [2.45, 2.75) is 6.61 Å². The number of halogens is 2. The summed E-state index contributed by atoms with van der Waals surface area (Å²) < 4.78 is 32.7. The van der Waals surface area contributed by atoms with E-state index in [1.807, 2.05) is 0 Å². The van der Waals surface area contributed by atoms with Crippen molar-refractivity contribution < 1.29 is 13.5 Å². The molecule has 1 aromatic heterocycles. The Bertz CT molecular complexity index is 785. The van der Waals surface area contributed by atoms with E-state index in [1.165, 1.54) is 18.2 Å². The van der Waals surface area contributed by atoms with Crippen molar-refractivity contribution >= 4 is 16.6 Å². The molecule has 2 aromatic carbocycles. The number of fused-ring (bicyclic) bond motifs is 1. The first-order valence-corrected chi connectivity index (χ1v) is 6.35. The van der Waals surface area contributed by atoms with Crippen molar-refractivity contribution in [3.05, 3.63) is 65.9 Å². The lowest BCUT2D eigenvalue weighted by molar-refractivity contribution is 0.296. The molecule has 3 nitrogen and oxygen atoms in total. The Morgan fingerprint density at radius 1 is 1.00 bits per heavy atom. The van der Waals surface area contributed by atoms with Gasteiger partial charge in [0, 0.05) is 11.6 Å². The summed E-state index contributed by atoms with van der Waals surface area (Å²) in [4.78, 5) is 4.18. The number of nitrogens with zero attached hydrogens (tertiary/aromatic N) is 1. The standard InChI is InChI=1S/C16H12F2N2O/c17-12-4-1-5-13(18)11(12)9-21-15-7-6-14(19)16-10(15)3-2-8-20-16/h1-8H,9,19H2. The lowest BCUT2D eigenvalue weighted by Gasteiger charge is -2.11. The van der Waals surface area contributed by atoms with Crippen LogP contribution in [0.4, 0.5) is 14.5 Å². The quantitative estimate of drug-likeness (QED) is 0.747. The van der Waals surface area contributed by atoms with Crippen molar-refractivity contribution in [2.75, 3.05) is 5.73 Å². The molecule has 1 heterocycles. The molecule has 0 saturated carbocycles. The number of pyridine rings is 1. The zero-order valence-electron chi connectivity index (χ0n) is 11.0. The van der Waals surface area contributed by atoms with Gasteiger partial charge in [-0.25, -0.2) is 8.78 Å². The van der Waals surface area contributed by atoms with Crippen LogP contribution in [0.15, 0.2) is 48.7 Å². The van der Waals surface area contributed by atoms with Crippen LogP contribution in [0.3, 0.4) is 0 Å². The van der Waals surface area contributed by atoms with Gasteiger partial charge in [0.05, 0.1) is 16.8 Å². The lowest BCUT2D eigenvalue weighted by atomic mass is 10.1. The topological polar surface area (TPSA) is 48.1 Å². The molecule has 0 amide bonds. The van der Waals surface area contributed by atoms with Gasteiger partial charge >= 0.3 is 0 Å². The van der Waals surface area contributed by atoms with Gasteiger partial charge in [0.15, 0.2) is 0 Å². The summed E-state index contributed by atoms with van der Waals surface area (Å²) in [5.41, 5.74) is 6.86. The van der Waals surface area contributed by atoms with E-state index in [9.17, 15) is 8.78 Å². The molecule has 0 radical (unpaired) electrons. The minimum absolute atomic E-state index is 0.105. The number of nitrogens with two attached hydrogens (primary N) is 1. The van der Waals surface area contributed by atoms with Gasteiger partial charge in [-0.3, -0.25) is 4.98 Å². The summed E-state index contributed by atoms with van der Waals surface area (Å²) in [5.74, 6) is -0.782. The molecule has 2 N–H and O–H groups in total. The summed E-state index contributed by atoms with van der Waals surface area (Å²) in [6, 6.07) is 10.6. The molecule has 0 bridgehead atoms. The number of anilines is 1. The summed E-state index contributed by atoms with van der Waals surface area (Å²) in [6.45, 7) is -0.202. The highest BCUT2D eigenvalue weighted by atomic mass is 19.1. The van der Waals surface area contributed by atoms with Crippen LogP contribution in [-0.2, 0) is 6.61 Å². The van der Waals surface area contributed by atoms with Crippen LogP contribution in [0.2, 0.25) is 0 Å². The molecule has 0 unspecified atom stereocenters. The van der Waals surface area contributed by atoms with Crippen molar-refractivity contribution in [3.63, 3.8) is 0 Å². The highest BCUT2D eigenvalue weighted by molar-refractivity contribution is 5.93. The van der Waals surface area contributed by atoms with Crippen LogP contribution >= 0.6 is 0 Å². The maximum absolute atomic E-state index is 13.6. The Balaban J connectivity index is 1.94. The Kier molecular flexibility index (Phi) is 3.39. The Morgan fingerprint density at radius 3 is 2.52 bits per heavy atom. The second kappa shape index (κ2) is 5.36. The van der Waals surface area contributed by atoms with E-state index in [1.54, 1.807) is 30.5 Å². The van der Waals surface area contributed by atoms with Crippen LogP contribution < -0.4 is 10.5 Å². The molecule has 3 rings (SSSR count). The first-order valence-electron chi connectivity index (χ1n) is 6.35. The van der Waals surface area contributed by atoms with Crippen molar-refractivity contribution in [1.29, 1.82) is 0 Å². The molecule has 0 atom stereocenters. The van der Waals surface area contributed by atoms with Crippen molar-refractivity contribution in [3.8, 4) is 5.75 Å². The van der Waals surface area contributed by atoms with Gasteiger partial charge in [0.2, 0.25) is 0 Å². The molecule has 106 valence electrons. The first-order chi connectivity index (χ1) is 10.2. The minimum atomic E-state index is -0.632. The average molecular weight is 286 g/mol.